The van der Waals surface area contributed by atoms with Crippen molar-refractivity contribution < 1.29 is 19.0 Å². The summed E-state index contributed by atoms with van der Waals surface area (Å²) >= 11 is 6.25. The van der Waals surface area contributed by atoms with Gasteiger partial charge >= 0.3 is 5.97 Å². The maximum atomic E-state index is 14.2. The third-order valence-electron chi connectivity index (χ3n) is 6.61. The molecule has 0 radical (unpaired) electrons. The molecule has 34 heavy (non-hydrogen) atoms. The zero-order valence-electron chi connectivity index (χ0n) is 18.3. The Morgan fingerprint density at radius 2 is 1.97 bits per heavy atom. The summed E-state index contributed by atoms with van der Waals surface area (Å²) in [5.74, 6) is -0.244. The molecule has 0 amide bonds. The van der Waals surface area contributed by atoms with Crippen molar-refractivity contribution >= 4 is 45.2 Å². The lowest BCUT2D eigenvalue weighted by molar-refractivity contribution is 0.0699. The summed E-state index contributed by atoms with van der Waals surface area (Å²) in [5.41, 5.74) is 3.23. The molecule has 1 N–H and O–H groups in total. The van der Waals surface area contributed by atoms with E-state index < -0.39 is 11.8 Å². The minimum Gasteiger partial charge on any atom is -0.478 e. The standard InChI is InChI=1S/C25H22ClFN4O3/c26-22-18(27)4-3-16-19(5-6-28-24(16)22)31-20-13-15(30-7-9-34-10-8-30)12-17(25(32)33)23(20)29-21(31)11-14-1-2-14/h3-6,12-14H,1-2,7-11H2,(H,32,33). The fourth-order valence-electron chi connectivity index (χ4n) is 4.70. The number of morpholine rings is 1. The van der Waals surface area contributed by atoms with Gasteiger partial charge in [-0.3, -0.25) is 9.55 Å². The normalized spacial score (nSPS) is 16.5. The molecule has 0 atom stereocenters. The van der Waals surface area contributed by atoms with Gasteiger partial charge < -0.3 is 14.7 Å². The van der Waals surface area contributed by atoms with Gasteiger partial charge in [0.25, 0.3) is 0 Å². The zero-order chi connectivity index (χ0) is 23.4. The number of nitrogens with zero attached hydrogens (tertiary/aromatic N) is 4. The molecule has 6 rings (SSSR count). The van der Waals surface area contributed by atoms with Gasteiger partial charge in [-0.2, -0.15) is 0 Å². The topological polar surface area (TPSA) is 80.5 Å². The number of carboxylic acids is 1. The number of hydrogen-bond donors (Lipinski definition) is 1. The van der Waals surface area contributed by atoms with Crippen LogP contribution in [0.2, 0.25) is 5.02 Å². The average molecular weight is 481 g/mol. The molecule has 1 saturated carbocycles. The smallest absolute Gasteiger partial charge is 0.338 e. The van der Waals surface area contributed by atoms with Gasteiger partial charge in [0.15, 0.2) is 0 Å². The first-order valence-electron chi connectivity index (χ1n) is 11.4. The molecule has 1 aliphatic carbocycles. The molecule has 0 unspecified atom stereocenters. The Morgan fingerprint density at radius 1 is 1.18 bits per heavy atom. The van der Waals surface area contributed by atoms with E-state index in [-0.39, 0.29) is 10.6 Å². The second-order valence-electron chi connectivity index (χ2n) is 8.86. The van der Waals surface area contributed by atoms with Gasteiger partial charge in [-0.05, 0) is 49.1 Å². The van der Waals surface area contributed by atoms with Gasteiger partial charge in [-0.15, -0.1) is 0 Å². The maximum Gasteiger partial charge on any atom is 0.338 e. The molecule has 2 aromatic heterocycles. The van der Waals surface area contributed by atoms with Gasteiger partial charge in [0.1, 0.15) is 22.2 Å². The van der Waals surface area contributed by atoms with Crippen molar-refractivity contribution in [3.05, 3.63) is 58.8 Å². The fraction of sp³-hybridized carbons (Fsp3) is 0.320. The van der Waals surface area contributed by atoms with Crippen LogP contribution in [0.4, 0.5) is 10.1 Å². The summed E-state index contributed by atoms with van der Waals surface area (Å²) in [5, 5.41) is 10.7. The molecule has 0 spiro atoms. The van der Waals surface area contributed by atoms with Crippen LogP contribution in [0.25, 0.3) is 27.6 Å². The van der Waals surface area contributed by atoms with E-state index in [0.717, 1.165) is 36.5 Å². The number of imidazole rings is 1. The Balaban J connectivity index is 1.65. The van der Waals surface area contributed by atoms with Gasteiger partial charge in [-0.25, -0.2) is 14.2 Å². The molecule has 174 valence electrons. The van der Waals surface area contributed by atoms with Crippen LogP contribution >= 0.6 is 11.6 Å². The number of rotatable bonds is 5. The summed E-state index contributed by atoms with van der Waals surface area (Å²) in [6.07, 6.45) is 4.59. The van der Waals surface area contributed by atoms with Gasteiger partial charge in [-0.1, -0.05) is 11.6 Å². The van der Waals surface area contributed by atoms with Crippen LogP contribution in [0, 0.1) is 11.7 Å². The summed E-state index contributed by atoms with van der Waals surface area (Å²) < 4.78 is 21.6. The number of aromatic carboxylic acids is 1. The van der Waals surface area contributed by atoms with Crippen LogP contribution in [-0.4, -0.2) is 51.9 Å². The lowest BCUT2D eigenvalue weighted by atomic mass is 10.1. The lowest BCUT2D eigenvalue weighted by Crippen LogP contribution is -2.36. The Morgan fingerprint density at radius 3 is 2.71 bits per heavy atom. The SMILES string of the molecule is O=C(O)c1cc(N2CCOCC2)cc2c1nc(CC1CC1)n2-c1ccnc2c(Cl)c(F)ccc12. The molecule has 9 heteroatoms. The molecular formula is C25H22ClFN4O3. The summed E-state index contributed by atoms with van der Waals surface area (Å²) in [6.45, 7) is 2.54. The number of pyridine rings is 1. The maximum absolute atomic E-state index is 14.2. The van der Waals surface area contributed by atoms with Crippen molar-refractivity contribution in [2.24, 2.45) is 5.92 Å². The zero-order valence-corrected chi connectivity index (χ0v) is 19.1. The summed E-state index contributed by atoms with van der Waals surface area (Å²) in [4.78, 5) is 23.5. The van der Waals surface area contributed by atoms with Crippen LogP contribution in [-0.2, 0) is 11.2 Å². The van der Waals surface area contributed by atoms with Gasteiger partial charge in [0.05, 0.1) is 35.5 Å². The van der Waals surface area contributed by atoms with Gasteiger partial charge in [0, 0.05) is 36.8 Å². The van der Waals surface area contributed by atoms with E-state index in [2.05, 4.69) is 9.88 Å². The molecule has 0 bridgehead atoms. The molecular weight excluding hydrogens is 459 g/mol. The number of fused-ring (bicyclic) bond motifs is 2. The monoisotopic (exact) mass is 480 g/mol. The Labute approximate surface area is 199 Å². The number of aromatic nitrogens is 3. The molecule has 2 aromatic carbocycles. The first-order valence-corrected chi connectivity index (χ1v) is 11.7. The summed E-state index contributed by atoms with van der Waals surface area (Å²) in [7, 11) is 0. The number of hydrogen-bond acceptors (Lipinski definition) is 5. The van der Waals surface area contributed by atoms with Crippen molar-refractivity contribution in [3.8, 4) is 5.69 Å². The van der Waals surface area contributed by atoms with Crippen LogP contribution in [0.15, 0.2) is 36.5 Å². The lowest BCUT2D eigenvalue weighted by Gasteiger charge is -2.29. The van der Waals surface area contributed by atoms with E-state index in [9.17, 15) is 14.3 Å². The largest absolute Gasteiger partial charge is 0.478 e. The highest BCUT2D eigenvalue weighted by Gasteiger charge is 2.28. The Bertz CT molecular complexity index is 1440. The van der Waals surface area contributed by atoms with E-state index in [1.54, 1.807) is 18.3 Å². The highest BCUT2D eigenvalue weighted by atomic mass is 35.5. The molecule has 4 aromatic rings. The Hall–Kier alpha value is -3.23. The van der Waals surface area contributed by atoms with Crippen molar-refractivity contribution in [1.82, 2.24) is 14.5 Å². The molecule has 1 saturated heterocycles. The van der Waals surface area contributed by atoms with Crippen molar-refractivity contribution in [2.45, 2.75) is 19.3 Å². The highest BCUT2D eigenvalue weighted by Crippen LogP contribution is 2.38. The van der Waals surface area contributed by atoms with Crippen LogP contribution in [0.3, 0.4) is 0 Å². The third kappa shape index (κ3) is 3.58. The van der Waals surface area contributed by atoms with Gasteiger partial charge in [0.2, 0.25) is 0 Å². The first-order chi connectivity index (χ1) is 16.5. The minimum absolute atomic E-state index is 0.0345. The number of halogens is 2. The van der Waals surface area contributed by atoms with E-state index in [1.165, 1.54) is 6.07 Å². The number of anilines is 1. The predicted octanol–water partition coefficient (Wildman–Crippen LogP) is 4.85. The van der Waals surface area contributed by atoms with Crippen molar-refractivity contribution in [2.75, 3.05) is 31.2 Å². The molecule has 7 nitrogen and oxygen atoms in total. The molecule has 2 aliphatic rings. The van der Waals surface area contributed by atoms with Crippen molar-refractivity contribution in [1.29, 1.82) is 0 Å². The second-order valence-corrected chi connectivity index (χ2v) is 9.24. The Kier molecular flexibility index (Phi) is 5.15. The van der Waals surface area contributed by atoms with Crippen molar-refractivity contribution in [3.63, 3.8) is 0 Å². The van der Waals surface area contributed by atoms with E-state index in [1.807, 2.05) is 16.7 Å². The number of ether oxygens (including phenoxy) is 1. The highest BCUT2D eigenvalue weighted by molar-refractivity contribution is 6.35. The fourth-order valence-corrected chi connectivity index (χ4v) is 4.92. The summed E-state index contributed by atoms with van der Waals surface area (Å²) in [6, 6.07) is 8.53. The molecule has 3 heterocycles. The third-order valence-corrected chi connectivity index (χ3v) is 6.97. The van der Waals surface area contributed by atoms with E-state index in [0.29, 0.717) is 54.2 Å². The van der Waals surface area contributed by atoms with Crippen LogP contribution in [0.5, 0.6) is 0 Å². The predicted molar refractivity (Wildman–Crippen MR) is 128 cm³/mol. The van der Waals surface area contributed by atoms with E-state index in [4.69, 9.17) is 21.3 Å². The first kappa shape index (κ1) is 21.3. The van der Waals surface area contributed by atoms with Crippen LogP contribution in [0.1, 0.15) is 29.0 Å². The number of carbonyl (C=O) groups is 1. The van der Waals surface area contributed by atoms with E-state index >= 15 is 0 Å². The quantitative estimate of drug-likeness (QED) is 0.439. The second kappa shape index (κ2) is 8.21. The molecule has 2 fully saturated rings. The molecule has 1 aliphatic heterocycles. The number of carboxylic acid groups (broad SMARTS) is 1. The average Bonchev–Trinajstić information content (AvgIpc) is 3.59. The minimum atomic E-state index is -1.02. The van der Waals surface area contributed by atoms with Crippen LogP contribution < -0.4 is 4.90 Å². The number of benzene rings is 2.